The van der Waals surface area contributed by atoms with E-state index in [4.69, 9.17) is 10.5 Å². The number of para-hydroxylation sites is 1. The molecule has 6 heteroatoms. The molecule has 152 valence electrons. The number of rotatable bonds is 6. The van der Waals surface area contributed by atoms with Crippen LogP contribution in [0.5, 0.6) is 11.6 Å². The van der Waals surface area contributed by atoms with Gasteiger partial charge in [0.1, 0.15) is 5.75 Å². The summed E-state index contributed by atoms with van der Waals surface area (Å²) in [6, 6.07) is 16.6. The molecule has 0 fully saturated rings. The quantitative estimate of drug-likeness (QED) is 0.445. The van der Waals surface area contributed by atoms with Crippen molar-refractivity contribution in [3.63, 3.8) is 0 Å². The van der Waals surface area contributed by atoms with Gasteiger partial charge in [-0.2, -0.15) is 0 Å². The summed E-state index contributed by atoms with van der Waals surface area (Å²) in [5, 5.41) is 3.97. The third kappa shape index (κ3) is 4.34. The van der Waals surface area contributed by atoms with Crippen molar-refractivity contribution >= 4 is 22.5 Å². The third-order valence-corrected chi connectivity index (χ3v) is 5.01. The van der Waals surface area contributed by atoms with Crippen molar-refractivity contribution in [1.82, 2.24) is 9.97 Å². The van der Waals surface area contributed by atoms with Gasteiger partial charge in [0.2, 0.25) is 11.8 Å². The van der Waals surface area contributed by atoms with E-state index in [0.717, 1.165) is 27.6 Å². The highest BCUT2D eigenvalue weighted by molar-refractivity contribution is 5.95. The van der Waals surface area contributed by atoms with E-state index in [9.17, 15) is 4.79 Å². The van der Waals surface area contributed by atoms with E-state index in [2.05, 4.69) is 15.3 Å². The maximum Gasteiger partial charge on any atom is 0.241 e. The molecule has 6 nitrogen and oxygen atoms in total. The lowest BCUT2D eigenvalue weighted by Gasteiger charge is -2.14. The fourth-order valence-electron chi connectivity index (χ4n) is 3.33. The summed E-state index contributed by atoms with van der Waals surface area (Å²) in [6.45, 7) is 3.92. The highest BCUT2D eigenvalue weighted by Crippen LogP contribution is 2.27. The Bertz CT molecular complexity index is 1200. The number of nitrogens with zero attached hydrogens (tertiary/aromatic N) is 1. The number of aromatic nitrogens is 2. The number of hydrogen-bond acceptors (Lipinski definition) is 4. The van der Waals surface area contributed by atoms with E-state index < -0.39 is 6.04 Å². The fourth-order valence-corrected chi connectivity index (χ4v) is 3.33. The van der Waals surface area contributed by atoms with Gasteiger partial charge in [-0.05, 0) is 55.2 Å². The average Bonchev–Trinajstić information content (AvgIpc) is 3.13. The van der Waals surface area contributed by atoms with Gasteiger partial charge in [0.15, 0.2) is 0 Å². The molecule has 2 heterocycles. The van der Waals surface area contributed by atoms with E-state index in [1.165, 1.54) is 0 Å². The van der Waals surface area contributed by atoms with E-state index in [-0.39, 0.29) is 5.91 Å². The number of carbonyl (C=O) groups is 1. The van der Waals surface area contributed by atoms with Gasteiger partial charge in [0, 0.05) is 41.1 Å². The number of aromatic amines is 1. The van der Waals surface area contributed by atoms with Crippen LogP contribution >= 0.6 is 0 Å². The van der Waals surface area contributed by atoms with Crippen LogP contribution in [-0.4, -0.2) is 21.9 Å². The Morgan fingerprint density at radius 1 is 1.17 bits per heavy atom. The molecule has 0 aliphatic carbocycles. The molecule has 0 aliphatic rings. The Morgan fingerprint density at radius 3 is 2.83 bits per heavy atom. The minimum atomic E-state index is -0.673. The van der Waals surface area contributed by atoms with Crippen molar-refractivity contribution in [2.45, 2.75) is 26.3 Å². The summed E-state index contributed by atoms with van der Waals surface area (Å²) in [4.78, 5) is 20.1. The first-order valence-electron chi connectivity index (χ1n) is 9.82. The van der Waals surface area contributed by atoms with Crippen LogP contribution in [0.1, 0.15) is 16.7 Å². The number of benzene rings is 2. The monoisotopic (exact) mass is 400 g/mol. The average molecular weight is 400 g/mol. The summed E-state index contributed by atoms with van der Waals surface area (Å²) in [5.74, 6) is 0.900. The number of nitrogens with two attached hydrogens (primary N) is 1. The lowest BCUT2D eigenvalue weighted by atomic mass is 10.0. The molecule has 0 unspecified atom stereocenters. The number of fused-ring (bicyclic) bond motifs is 1. The number of ether oxygens (including phenoxy) is 1. The summed E-state index contributed by atoms with van der Waals surface area (Å²) in [6.07, 6.45) is 4.05. The predicted octanol–water partition coefficient (Wildman–Crippen LogP) is 4.48. The molecule has 4 rings (SSSR count). The second-order valence-electron chi connectivity index (χ2n) is 7.41. The molecule has 0 radical (unpaired) electrons. The lowest BCUT2D eigenvalue weighted by molar-refractivity contribution is -0.117. The normalized spacial score (nSPS) is 12.0. The Labute approximate surface area is 175 Å². The lowest BCUT2D eigenvalue weighted by Crippen LogP contribution is -2.37. The van der Waals surface area contributed by atoms with Crippen LogP contribution in [-0.2, 0) is 11.2 Å². The van der Waals surface area contributed by atoms with Gasteiger partial charge in [-0.1, -0.05) is 24.3 Å². The minimum absolute atomic E-state index is 0.247. The van der Waals surface area contributed by atoms with Crippen LogP contribution in [0, 0.1) is 13.8 Å². The number of nitrogens with one attached hydrogen (secondary N) is 2. The van der Waals surface area contributed by atoms with Gasteiger partial charge in [-0.3, -0.25) is 4.79 Å². The molecule has 0 spiro atoms. The van der Waals surface area contributed by atoms with E-state index >= 15 is 0 Å². The molecule has 4 aromatic rings. The molecule has 0 bridgehead atoms. The zero-order chi connectivity index (χ0) is 21.1. The second kappa shape index (κ2) is 8.39. The van der Waals surface area contributed by atoms with Gasteiger partial charge in [-0.25, -0.2) is 4.98 Å². The zero-order valence-corrected chi connectivity index (χ0v) is 17.0. The second-order valence-corrected chi connectivity index (χ2v) is 7.41. The van der Waals surface area contributed by atoms with Crippen LogP contribution in [0.15, 0.2) is 67.0 Å². The van der Waals surface area contributed by atoms with Gasteiger partial charge in [-0.15, -0.1) is 0 Å². The largest absolute Gasteiger partial charge is 0.439 e. The number of H-pyrrole nitrogens is 1. The summed E-state index contributed by atoms with van der Waals surface area (Å²) in [7, 11) is 0. The van der Waals surface area contributed by atoms with Crippen LogP contribution in [0.2, 0.25) is 0 Å². The minimum Gasteiger partial charge on any atom is -0.439 e. The highest BCUT2D eigenvalue weighted by Gasteiger charge is 2.17. The van der Waals surface area contributed by atoms with Crippen molar-refractivity contribution in [1.29, 1.82) is 0 Å². The van der Waals surface area contributed by atoms with Crippen molar-refractivity contribution < 1.29 is 9.53 Å². The molecule has 4 N–H and O–H groups in total. The topological polar surface area (TPSA) is 93.0 Å². The van der Waals surface area contributed by atoms with Gasteiger partial charge >= 0.3 is 0 Å². The Balaban J connectivity index is 1.46. The smallest absolute Gasteiger partial charge is 0.241 e. The number of amides is 1. The number of hydrogen-bond donors (Lipinski definition) is 3. The molecule has 1 amide bonds. The Morgan fingerprint density at radius 2 is 2.00 bits per heavy atom. The molecular formula is C24H24N4O2. The zero-order valence-electron chi connectivity index (χ0n) is 17.0. The molecule has 0 aliphatic heterocycles. The van der Waals surface area contributed by atoms with E-state index in [1.807, 2.05) is 68.6 Å². The SMILES string of the molecule is Cc1ccnc(Oc2cc(NC(=O)[C@H](N)Cc3c[nH]c4ccccc34)ccc2C)c1. The molecule has 2 aromatic heterocycles. The molecule has 0 saturated heterocycles. The molecule has 2 aromatic carbocycles. The maximum absolute atomic E-state index is 12.7. The summed E-state index contributed by atoms with van der Waals surface area (Å²) >= 11 is 0. The summed E-state index contributed by atoms with van der Waals surface area (Å²) in [5.41, 5.74) is 10.9. The number of aryl methyl sites for hydroxylation is 2. The Hall–Kier alpha value is -3.64. The van der Waals surface area contributed by atoms with Crippen LogP contribution < -0.4 is 15.8 Å². The summed E-state index contributed by atoms with van der Waals surface area (Å²) < 4.78 is 5.91. The highest BCUT2D eigenvalue weighted by atomic mass is 16.5. The number of pyridine rings is 1. The molecular weight excluding hydrogens is 376 g/mol. The van der Waals surface area contributed by atoms with Gasteiger partial charge < -0.3 is 20.8 Å². The van der Waals surface area contributed by atoms with Crippen LogP contribution in [0.3, 0.4) is 0 Å². The number of carbonyl (C=O) groups excluding carboxylic acids is 1. The number of anilines is 1. The van der Waals surface area contributed by atoms with Crippen molar-refractivity contribution in [2.24, 2.45) is 5.73 Å². The van der Waals surface area contributed by atoms with Crippen LogP contribution in [0.25, 0.3) is 10.9 Å². The maximum atomic E-state index is 12.7. The first-order valence-corrected chi connectivity index (χ1v) is 9.82. The van der Waals surface area contributed by atoms with Crippen molar-refractivity contribution in [3.05, 3.63) is 83.7 Å². The molecule has 1 atom stereocenters. The predicted molar refractivity (Wildman–Crippen MR) is 119 cm³/mol. The standard InChI is InChI=1S/C24H24N4O2/c1-15-9-10-26-23(11-15)30-22-13-18(8-7-16(22)2)28-24(29)20(25)12-17-14-27-21-6-4-3-5-19(17)21/h3-11,13-14,20,27H,12,25H2,1-2H3,(H,28,29)/t20-/m1/s1. The fraction of sp³-hybridized carbons (Fsp3) is 0.167. The Kier molecular flexibility index (Phi) is 5.50. The van der Waals surface area contributed by atoms with Crippen molar-refractivity contribution in [3.8, 4) is 11.6 Å². The first-order chi connectivity index (χ1) is 14.5. The molecule has 0 saturated carbocycles. The van der Waals surface area contributed by atoms with Crippen molar-refractivity contribution in [2.75, 3.05) is 5.32 Å². The first kappa shape index (κ1) is 19.7. The van der Waals surface area contributed by atoms with Gasteiger partial charge in [0.05, 0.1) is 6.04 Å². The van der Waals surface area contributed by atoms with E-state index in [1.54, 1.807) is 12.3 Å². The van der Waals surface area contributed by atoms with Crippen LogP contribution in [0.4, 0.5) is 5.69 Å². The molecule has 30 heavy (non-hydrogen) atoms. The van der Waals surface area contributed by atoms with Gasteiger partial charge in [0.25, 0.3) is 0 Å². The third-order valence-electron chi connectivity index (χ3n) is 5.01. The van der Waals surface area contributed by atoms with E-state index in [0.29, 0.717) is 23.7 Å².